The maximum atomic E-state index is 12.9. The molecular formula is C19H25F3N6O. The number of aryl methyl sites for hydroxylation is 1. The maximum absolute atomic E-state index is 12.9. The molecule has 1 amide bonds. The van der Waals surface area contributed by atoms with Crippen LogP contribution in [0.5, 0.6) is 0 Å². The molecule has 1 aromatic heterocycles. The molecule has 10 heteroatoms. The van der Waals surface area contributed by atoms with E-state index in [0.29, 0.717) is 38.3 Å². The fourth-order valence-corrected chi connectivity index (χ4v) is 3.29. The zero-order valence-electron chi connectivity index (χ0n) is 16.1. The molecule has 1 fully saturated rings. The summed E-state index contributed by atoms with van der Waals surface area (Å²) < 4.78 is 40.3. The number of rotatable bonds is 8. The van der Waals surface area contributed by atoms with Crippen LogP contribution in [0.1, 0.15) is 18.4 Å². The molecule has 0 aliphatic carbocycles. The highest BCUT2D eigenvalue weighted by atomic mass is 19.4. The molecule has 1 saturated heterocycles. The van der Waals surface area contributed by atoms with Gasteiger partial charge in [-0.25, -0.2) is 4.98 Å². The molecule has 0 spiro atoms. The lowest BCUT2D eigenvalue weighted by molar-refractivity contribution is -0.137. The van der Waals surface area contributed by atoms with Gasteiger partial charge in [0.2, 0.25) is 5.91 Å². The Morgan fingerprint density at radius 3 is 2.62 bits per heavy atom. The summed E-state index contributed by atoms with van der Waals surface area (Å²) in [6, 6.07) is 5.49. The minimum absolute atomic E-state index is 0.0186. The Morgan fingerprint density at radius 2 is 1.93 bits per heavy atom. The van der Waals surface area contributed by atoms with Crippen molar-refractivity contribution in [2.24, 2.45) is 0 Å². The number of halogens is 3. The fraction of sp³-hybridized carbons (Fsp3) is 0.526. The quantitative estimate of drug-likeness (QED) is 0.675. The summed E-state index contributed by atoms with van der Waals surface area (Å²) in [5.41, 5.74) is -0.00360. The molecule has 1 aromatic carbocycles. The van der Waals surface area contributed by atoms with Gasteiger partial charge in [0.1, 0.15) is 12.7 Å². The number of hydrogen-bond donors (Lipinski definition) is 1. The second-order valence-corrected chi connectivity index (χ2v) is 6.99. The van der Waals surface area contributed by atoms with Gasteiger partial charge in [0.25, 0.3) is 0 Å². The molecule has 29 heavy (non-hydrogen) atoms. The molecule has 0 unspecified atom stereocenters. The van der Waals surface area contributed by atoms with Crippen molar-refractivity contribution in [3.05, 3.63) is 42.5 Å². The standard InChI is InChI=1S/C19H25F3N6O/c20-19(21,22)16-3-1-4-17(13-16)27-11-9-26(10-12-27)7-2-6-24-18(29)5-8-28-15-23-14-25-28/h1,3-4,13-15H,2,5-12H2,(H,24,29). The van der Waals surface area contributed by atoms with E-state index in [2.05, 4.69) is 20.3 Å². The number of nitrogens with one attached hydrogen (secondary N) is 1. The first kappa shape index (κ1) is 21.1. The van der Waals surface area contributed by atoms with E-state index in [0.717, 1.165) is 32.1 Å². The van der Waals surface area contributed by atoms with Crippen molar-refractivity contribution in [3.63, 3.8) is 0 Å². The van der Waals surface area contributed by atoms with E-state index < -0.39 is 11.7 Å². The van der Waals surface area contributed by atoms with Gasteiger partial charge in [-0.3, -0.25) is 14.4 Å². The van der Waals surface area contributed by atoms with E-state index in [9.17, 15) is 18.0 Å². The Balaban J connectivity index is 1.32. The number of hydrogen-bond acceptors (Lipinski definition) is 5. The van der Waals surface area contributed by atoms with E-state index in [-0.39, 0.29) is 5.91 Å². The van der Waals surface area contributed by atoms with Gasteiger partial charge in [0.05, 0.1) is 12.1 Å². The number of nitrogens with zero attached hydrogens (tertiary/aromatic N) is 5. The summed E-state index contributed by atoms with van der Waals surface area (Å²) in [4.78, 5) is 19.9. The van der Waals surface area contributed by atoms with Crippen LogP contribution in [0.25, 0.3) is 0 Å². The first-order chi connectivity index (χ1) is 13.9. The topological polar surface area (TPSA) is 66.3 Å². The number of benzene rings is 1. The molecule has 1 aliphatic heterocycles. The summed E-state index contributed by atoms with van der Waals surface area (Å²) >= 11 is 0. The number of alkyl halides is 3. The third kappa shape index (κ3) is 6.45. The minimum Gasteiger partial charge on any atom is -0.369 e. The van der Waals surface area contributed by atoms with E-state index in [1.54, 1.807) is 17.1 Å². The second kappa shape index (κ2) is 9.73. The SMILES string of the molecule is O=C(CCn1cncn1)NCCCN1CCN(c2cccc(C(F)(F)F)c2)CC1. The molecule has 7 nitrogen and oxygen atoms in total. The van der Waals surface area contributed by atoms with Gasteiger partial charge < -0.3 is 10.2 Å². The normalized spacial score (nSPS) is 15.5. The zero-order valence-corrected chi connectivity index (χ0v) is 16.1. The lowest BCUT2D eigenvalue weighted by Crippen LogP contribution is -2.47. The maximum Gasteiger partial charge on any atom is 0.416 e. The van der Waals surface area contributed by atoms with E-state index in [1.165, 1.54) is 18.5 Å². The third-order valence-electron chi connectivity index (χ3n) is 4.92. The second-order valence-electron chi connectivity index (χ2n) is 6.99. The Hall–Kier alpha value is -2.62. The molecule has 0 atom stereocenters. The average molecular weight is 410 g/mol. The fourth-order valence-electron chi connectivity index (χ4n) is 3.29. The molecule has 1 N–H and O–H groups in total. The Morgan fingerprint density at radius 1 is 1.14 bits per heavy atom. The Bertz CT molecular complexity index is 773. The number of piperazine rings is 1. The Labute approximate surface area is 167 Å². The lowest BCUT2D eigenvalue weighted by atomic mass is 10.1. The molecule has 0 saturated carbocycles. The lowest BCUT2D eigenvalue weighted by Gasteiger charge is -2.36. The van der Waals surface area contributed by atoms with Crippen molar-refractivity contribution in [2.45, 2.75) is 25.6 Å². The van der Waals surface area contributed by atoms with Gasteiger partial charge in [0.15, 0.2) is 0 Å². The predicted molar refractivity (Wildman–Crippen MR) is 102 cm³/mol. The van der Waals surface area contributed by atoms with Crippen LogP contribution >= 0.6 is 0 Å². The Kier molecular flexibility index (Phi) is 7.08. The monoisotopic (exact) mass is 410 g/mol. The molecule has 0 bridgehead atoms. The number of carbonyl (C=O) groups is 1. The zero-order chi connectivity index (χ0) is 20.7. The summed E-state index contributed by atoms with van der Waals surface area (Å²) in [6.45, 7) is 4.90. The molecule has 3 rings (SSSR count). The highest BCUT2D eigenvalue weighted by Gasteiger charge is 2.31. The van der Waals surface area contributed by atoms with Crippen molar-refractivity contribution in [1.29, 1.82) is 0 Å². The van der Waals surface area contributed by atoms with Crippen molar-refractivity contribution in [3.8, 4) is 0 Å². The van der Waals surface area contributed by atoms with Gasteiger partial charge >= 0.3 is 6.18 Å². The highest BCUT2D eigenvalue weighted by Crippen LogP contribution is 2.31. The molecule has 0 radical (unpaired) electrons. The van der Waals surface area contributed by atoms with E-state index in [4.69, 9.17) is 0 Å². The number of amides is 1. The van der Waals surface area contributed by atoms with Crippen LogP contribution in [0.3, 0.4) is 0 Å². The summed E-state index contributed by atoms with van der Waals surface area (Å²) in [6.07, 6.45) is -0.119. The van der Waals surface area contributed by atoms with Crippen molar-refractivity contribution in [1.82, 2.24) is 25.0 Å². The van der Waals surface area contributed by atoms with Gasteiger partial charge in [-0.05, 0) is 31.2 Å². The van der Waals surface area contributed by atoms with Crippen LogP contribution in [0, 0.1) is 0 Å². The number of anilines is 1. The number of carbonyl (C=O) groups excluding carboxylic acids is 1. The molecule has 2 heterocycles. The van der Waals surface area contributed by atoms with Crippen LogP contribution in [-0.2, 0) is 17.5 Å². The van der Waals surface area contributed by atoms with Gasteiger partial charge in [-0.2, -0.15) is 18.3 Å². The van der Waals surface area contributed by atoms with Crippen LogP contribution < -0.4 is 10.2 Å². The van der Waals surface area contributed by atoms with Gasteiger partial charge in [0, 0.05) is 44.8 Å². The summed E-state index contributed by atoms with van der Waals surface area (Å²) in [5.74, 6) is -0.0186. The average Bonchev–Trinajstić information content (AvgIpc) is 3.23. The predicted octanol–water partition coefficient (Wildman–Crippen LogP) is 2.02. The molecule has 1 aliphatic rings. The first-order valence-electron chi connectivity index (χ1n) is 9.65. The van der Waals surface area contributed by atoms with Gasteiger partial charge in [-0.1, -0.05) is 6.07 Å². The highest BCUT2D eigenvalue weighted by molar-refractivity contribution is 5.75. The van der Waals surface area contributed by atoms with Crippen molar-refractivity contribution < 1.29 is 18.0 Å². The van der Waals surface area contributed by atoms with Crippen LogP contribution in [0.4, 0.5) is 18.9 Å². The molecule has 158 valence electrons. The van der Waals surface area contributed by atoms with Crippen LogP contribution in [0.2, 0.25) is 0 Å². The van der Waals surface area contributed by atoms with Crippen molar-refractivity contribution in [2.75, 3.05) is 44.2 Å². The van der Waals surface area contributed by atoms with Gasteiger partial charge in [-0.15, -0.1) is 0 Å². The molecule has 2 aromatic rings. The largest absolute Gasteiger partial charge is 0.416 e. The number of aromatic nitrogens is 3. The first-order valence-corrected chi connectivity index (χ1v) is 9.65. The minimum atomic E-state index is -4.32. The van der Waals surface area contributed by atoms with E-state index >= 15 is 0 Å². The van der Waals surface area contributed by atoms with Crippen LogP contribution in [0.15, 0.2) is 36.9 Å². The molecular weight excluding hydrogens is 385 g/mol. The summed E-state index contributed by atoms with van der Waals surface area (Å²) in [7, 11) is 0. The smallest absolute Gasteiger partial charge is 0.369 e. The van der Waals surface area contributed by atoms with Crippen LogP contribution in [-0.4, -0.2) is 64.8 Å². The third-order valence-corrected chi connectivity index (χ3v) is 4.92. The summed E-state index contributed by atoms with van der Waals surface area (Å²) in [5, 5.41) is 6.85. The van der Waals surface area contributed by atoms with Crippen molar-refractivity contribution >= 4 is 11.6 Å². The van der Waals surface area contributed by atoms with E-state index in [1.807, 2.05) is 4.90 Å².